The number of H-pyrrole nitrogens is 1. The average Bonchev–Trinajstić information content (AvgIpc) is 3.46. The Balaban J connectivity index is 1.24. The maximum Gasteiger partial charge on any atom is 0.123 e. The van der Waals surface area contributed by atoms with Crippen LogP contribution >= 0.6 is 0 Å². The fourth-order valence-electron chi connectivity index (χ4n) is 4.51. The molecule has 4 aromatic rings. The normalized spacial score (nSPS) is 17.5. The molecule has 2 N–H and O–H groups in total. The SMILES string of the molecule is c1ccc(CN2CCNCC2CCCc2c[nH]c3ccc(-n4cnnc4)cc23)cc1. The number of aryl methyl sites for hydroxylation is 1. The maximum absolute atomic E-state index is 3.92. The summed E-state index contributed by atoms with van der Waals surface area (Å²) >= 11 is 0. The number of hydrogen-bond acceptors (Lipinski definition) is 4. The van der Waals surface area contributed by atoms with E-state index in [2.05, 4.69) is 80.1 Å². The first-order chi connectivity index (χ1) is 14.9. The van der Waals surface area contributed by atoms with Crippen LogP contribution in [-0.2, 0) is 13.0 Å². The Bertz CT molecular complexity index is 1070. The van der Waals surface area contributed by atoms with Gasteiger partial charge >= 0.3 is 0 Å². The molecule has 154 valence electrons. The van der Waals surface area contributed by atoms with Gasteiger partial charge in [0.1, 0.15) is 12.7 Å². The molecule has 0 aliphatic carbocycles. The Morgan fingerprint density at radius 2 is 1.90 bits per heavy atom. The molecule has 1 saturated heterocycles. The Kier molecular flexibility index (Phi) is 5.59. The van der Waals surface area contributed by atoms with Crippen LogP contribution in [0.2, 0.25) is 0 Å². The molecule has 0 spiro atoms. The third-order valence-corrected chi connectivity index (χ3v) is 6.15. The molecule has 2 aromatic carbocycles. The number of fused-ring (bicyclic) bond motifs is 1. The summed E-state index contributed by atoms with van der Waals surface area (Å²) in [5, 5.41) is 12.7. The van der Waals surface area contributed by atoms with Crippen molar-refractivity contribution < 1.29 is 0 Å². The predicted molar refractivity (Wildman–Crippen MR) is 120 cm³/mol. The number of hydrogen-bond donors (Lipinski definition) is 2. The molecule has 6 heteroatoms. The molecule has 1 aliphatic rings. The van der Waals surface area contributed by atoms with Crippen LogP contribution in [0.15, 0.2) is 67.4 Å². The Hall–Kier alpha value is -2.96. The highest BCUT2D eigenvalue weighted by Crippen LogP contribution is 2.24. The van der Waals surface area contributed by atoms with Gasteiger partial charge in [-0.25, -0.2) is 0 Å². The van der Waals surface area contributed by atoms with Crippen LogP contribution in [0.1, 0.15) is 24.0 Å². The number of nitrogens with one attached hydrogen (secondary N) is 2. The minimum absolute atomic E-state index is 0.594. The van der Waals surface area contributed by atoms with Gasteiger partial charge in [-0.2, -0.15) is 0 Å². The highest BCUT2D eigenvalue weighted by atomic mass is 15.2. The average molecular weight is 401 g/mol. The Labute approximate surface area is 176 Å². The van der Waals surface area contributed by atoms with Gasteiger partial charge in [0.2, 0.25) is 0 Å². The fourth-order valence-corrected chi connectivity index (χ4v) is 4.51. The second-order valence-electron chi connectivity index (χ2n) is 8.12. The van der Waals surface area contributed by atoms with E-state index in [1.54, 1.807) is 12.7 Å². The molecular weight excluding hydrogens is 372 g/mol. The van der Waals surface area contributed by atoms with E-state index in [1.165, 1.54) is 34.9 Å². The zero-order valence-electron chi connectivity index (χ0n) is 17.2. The van der Waals surface area contributed by atoms with E-state index >= 15 is 0 Å². The number of aromatic nitrogens is 4. The zero-order valence-corrected chi connectivity index (χ0v) is 17.2. The lowest BCUT2D eigenvalue weighted by molar-refractivity contribution is 0.143. The molecule has 5 rings (SSSR count). The van der Waals surface area contributed by atoms with Crippen molar-refractivity contribution in [1.29, 1.82) is 0 Å². The summed E-state index contributed by atoms with van der Waals surface area (Å²) in [5.41, 5.74) is 5.08. The van der Waals surface area contributed by atoms with Gasteiger partial charge in [-0.05, 0) is 48.6 Å². The highest BCUT2D eigenvalue weighted by Gasteiger charge is 2.21. The third kappa shape index (κ3) is 4.15. The number of aromatic amines is 1. The summed E-state index contributed by atoms with van der Waals surface area (Å²) in [4.78, 5) is 6.07. The fraction of sp³-hybridized carbons (Fsp3) is 0.333. The quantitative estimate of drug-likeness (QED) is 0.498. The Morgan fingerprint density at radius 3 is 2.77 bits per heavy atom. The molecule has 2 aromatic heterocycles. The lowest BCUT2D eigenvalue weighted by Gasteiger charge is -2.36. The van der Waals surface area contributed by atoms with Crippen LogP contribution in [0.5, 0.6) is 0 Å². The van der Waals surface area contributed by atoms with E-state index in [-0.39, 0.29) is 0 Å². The van der Waals surface area contributed by atoms with Crippen LogP contribution in [0.3, 0.4) is 0 Å². The van der Waals surface area contributed by atoms with Crippen molar-refractivity contribution in [3.05, 3.63) is 78.5 Å². The standard InChI is InChI=1S/C24H28N6/c1-2-5-19(6-3-1)16-29-12-11-25-15-22(29)8-4-7-20-14-26-24-10-9-21(13-23(20)24)30-17-27-28-18-30/h1-3,5-6,9-10,13-14,17-18,22,25-26H,4,7-8,11-12,15-16H2. The van der Waals surface area contributed by atoms with Crippen LogP contribution in [0.4, 0.5) is 0 Å². The second-order valence-corrected chi connectivity index (χ2v) is 8.12. The van der Waals surface area contributed by atoms with E-state index in [0.717, 1.165) is 38.3 Å². The van der Waals surface area contributed by atoms with Crippen LogP contribution in [0, 0.1) is 0 Å². The van der Waals surface area contributed by atoms with Crippen molar-refractivity contribution in [2.24, 2.45) is 0 Å². The summed E-state index contributed by atoms with van der Waals surface area (Å²) in [6.45, 7) is 4.33. The summed E-state index contributed by atoms with van der Waals surface area (Å²) in [7, 11) is 0. The molecule has 30 heavy (non-hydrogen) atoms. The molecule has 1 aliphatic heterocycles. The van der Waals surface area contributed by atoms with Gasteiger partial charge in [-0.15, -0.1) is 10.2 Å². The first-order valence-electron chi connectivity index (χ1n) is 10.8. The molecule has 0 bridgehead atoms. The molecule has 0 saturated carbocycles. The first kappa shape index (κ1) is 19.0. The van der Waals surface area contributed by atoms with E-state index in [0.29, 0.717) is 6.04 Å². The highest BCUT2D eigenvalue weighted by molar-refractivity contribution is 5.85. The van der Waals surface area contributed by atoms with Gasteiger partial charge in [-0.1, -0.05) is 30.3 Å². The van der Waals surface area contributed by atoms with E-state index in [1.807, 2.05) is 4.57 Å². The van der Waals surface area contributed by atoms with Gasteiger partial charge in [0.15, 0.2) is 0 Å². The Morgan fingerprint density at radius 1 is 1.03 bits per heavy atom. The summed E-state index contributed by atoms with van der Waals surface area (Å²) in [6.07, 6.45) is 9.12. The predicted octanol–water partition coefficient (Wildman–Crippen LogP) is 3.55. The molecule has 1 atom stereocenters. The zero-order chi connectivity index (χ0) is 20.2. The van der Waals surface area contributed by atoms with E-state index < -0.39 is 0 Å². The van der Waals surface area contributed by atoms with Crippen LogP contribution in [0.25, 0.3) is 16.6 Å². The van der Waals surface area contributed by atoms with Crippen LogP contribution in [-0.4, -0.2) is 50.3 Å². The molecule has 1 unspecified atom stereocenters. The monoisotopic (exact) mass is 400 g/mol. The summed E-state index contributed by atoms with van der Waals surface area (Å²) < 4.78 is 1.95. The molecule has 1 fully saturated rings. The van der Waals surface area contributed by atoms with Crippen molar-refractivity contribution in [2.75, 3.05) is 19.6 Å². The number of piperazine rings is 1. The molecule has 6 nitrogen and oxygen atoms in total. The summed E-state index contributed by atoms with van der Waals surface area (Å²) in [6, 6.07) is 17.9. The number of benzene rings is 2. The molecule has 0 amide bonds. The molecular formula is C24H28N6. The van der Waals surface area contributed by atoms with Gasteiger partial charge < -0.3 is 10.3 Å². The van der Waals surface area contributed by atoms with Gasteiger partial charge in [0, 0.05) is 55.0 Å². The largest absolute Gasteiger partial charge is 0.361 e. The number of rotatable bonds is 7. The maximum atomic E-state index is 3.92. The van der Waals surface area contributed by atoms with E-state index in [4.69, 9.17) is 0 Å². The minimum Gasteiger partial charge on any atom is -0.361 e. The minimum atomic E-state index is 0.594. The summed E-state index contributed by atoms with van der Waals surface area (Å²) in [5.74, 6) is 0. The van der Waals surface area contributed by atoms with Crippen LogP contribution < -0.4 is 5.32 Å². The van der Waals surface area contributed by atoms with E-state index in [9.17, 15) is 0 Å². The van der Waals surface area contributed by atoms with Crippen molar-refractivity contribution in [2.45, 2.75) is 31.8 Å². The molecule has 0 radical (unpaired) electrons. The lowest BCUT2D eigenvalue weighted by Crippen LogP contribution is -2.50. The smallest absolute Gasteiger partial charge is 0.123 e. The van der Waals surface area contributed by atoms with Crippen molar-refractivity contribution in [3.8, 4) is 5.69 Å². The van der Waals surface area contributed by atoms with Gasteiger partial charge in [-0.3, -0.25) is 9.47 Å². The third-order valence-electron chi connectivity index (χ3n) is 6.15. The molecule has 3 heterocycles. The van der Waals surface area contributed by atoms with Gasteiger partial charge in [0.05, 0.1) is 0 Å². The number of nitrogens with zero attached hydrogens (tertiary/aromatic N) is 4. The topological polar surface area (TPSA) is 61.8 Å². The van der Waals surface area contributed by atoms with Crippen molar-refractivity contribution >= 4 is 10.9 Å². The lowest BCUT2D eigenvalue weighted by atomic mass is 10.0. The first-order valence-corrected chi connectivity index (χ1v) is 10.8. The van der Waals surface area contributed by atoms with Crippen molar-refractivity contribution in [1.82, 2.24) is 30.0 Å². The second kappa shape index (κ2) is 8.81. The van der Waals surface area contributed by atoms with Gasteiger partial charge in [0.25, 0.3) is 0 Å². The van der Waals surface area contributed by atoms with Crippen molar-refractivity contribution in [3.63, 3.8) is 0 Å².